The maximum atomic E-state index is 12.7. The number of pyridine rings is 1. The molecule has 11 nitrogen and oxygen atoms in total. The first kappa shape index (κ1) is 22.5. The number of nitrogens with two attached hydrogens (primary N) is 1. The molecule has 1 saturated heterocycles. The van der Waals surface area contributed by atoms with Gasteiger partial charge in [0.25, 0.3) is 0 Å². The van der Waals surface area contributed by atoms with Crippen molar-refractivity contribution >= 4 is 46.1 Å². The lowest BCUT2D eigenvalue weighted by molar-refractivity contribution is -0.126. The van der Waals surface area contributed by atoms with Crippen molar-refractivity contribution in [3.05, 3.63) is 47.9 Å². The maximum Gasteiger partial charge on any atom is 0.320 e. The molecular formula is C23H22ClN9O2. The second-order valence-corrected chi connectivity index (χ2v) is 8.77. The number of carbonyl (C=O) groups is 2. The minimum absolute atomic E-state index is 0.0274. The van der Waals surface area contributed by atoms with Crippen LogP contribution in [0.1, 0.15) is 6.42 Å². The van der Waals surface area contributed by atoms with E-state index in [2.05, 4.69) is 30.7 Å². The van der Waals surface area contributed by atoms with Crippen LogP contribution in [0.5, 0.6) is 0 Å². The molecule has 1 aliphatic rings. The number of benzene rings is 1. The van der Waals surface area contributed by atoms with Gasteiger partial charge < -0.3 is 16.0 Å². The number of likely N-dealkylation sites (tertiary alicyclic amines) is 1. The molecule has 4 heterocycles. The van der Waals surface area contributed by atoms with Crippen molar-refractivity contribution in [3.63, 3.8) is 0 Å². The Morgan fingerprint density at radius 1 is 1.20 bits per heavy atom. The lowest BCUT2D eigenvalue weighted by Crippen LogP contribution is -2.39. The number of nitrogens with zero attached hydrogens (tertiary/aromatic N) is 6. The SMILES string of the molecule is CN1CC(NC(=O)Nc2nc(-c3cc(Cl)c4ncccc4c3)c(-c3cnn(C)c3)nc2N)CC1=O. The van der Waals surface area contributed by atoms with E-state index in [0.717, 1.165) is 5.39 Å². The van der Waals surface area contributed by atoms with Crippen molar-refractivity contribution in [3.8, 4) is 22.5 Å². The van der Waals surface area contributed by atoms with Gasteiger partial charge in [0.1, 0.15) is 5.69 Å². The molecule has 1 unspecified atom stereocenters. The summed E-state index contributed by atoms with van der Waals surface area (Å²) >= 11 is 6.53. The highest BCUT2D eigenvalue weighted by molar-refractivity contribution is 6.35. The average Bonchev–Trinajstić information content (AvgIpc) is 3.39. The molecule has 1 aliphatic heterocycles. The van der Waals surface area contributed by atoms with Crippen LogP contribution in [0.3, 0.4) is 0 Å². The smallest absolute Gasteiger partial charge is 0.320 e. The van der Waals surface area contributed by atoms with Crippen LogP contribution in [0.4, 0.5) is 16.4 Å². The van der Waals surface area contributed by atoms with E-state index < -0.39 is 6.03 Å². The van der Waals surface area contributed by atoms with Crippen LogP contribution in [0.2, 0.25) is 5.02 Å². The Bertz CT molecular complexity index is 1470. The number of amides is 3. The van der Waals surface area contributed by atoms with Gasteiger partial charge in [0.2, 0.25) is 5.91 Å². The summed E-state index contributed by atoms with van der Waals surface area (Å²) in [5.74, 6) is 0.0986. The Hall–Kier alpha value is -4.25. The van der Waals surface area contributed by atoms with Crippen LogP contribution >= 0.6 is 11.6 Å². The monoisotopic (exact) mass is 491 g/mol. The fourth-order valence-electron chi connectivity index (χ4n) is 4.06. The van der Waals surface area contributed by atoms with Crippen molar-refractivity contribution < 1.29 is 9.59 Å². The molecule has 12 heteroatoms. The van der Waals surface area contributed by atoms with Gasteiger partial charge in [0.15, 0.2) is 11.6 Å². The Kier molecular flexibility index (Phi) is 5.69. The van der Waals surface area contributed by atoms with Crippen molar-refractivity contribution in [2.75, 3.05) is 24.6 Å². The molecule has 1 fully saturated rings. The number of carbonyl (C=O) groups excluding carboxylic acids is 2. The number of likely N-dealkylation sites (N-methyl/N-ethyl adjacent to an activating group) is 1. The first-order valence-corrected chi connectivity index (χ1v) is 11.2. The molecule has 0 spiro atoms. The number of fused-ring (bicyclic) bond motifs is 1. The number of hydrogen-bond donors (Lipinski definition) is 3. The summed E-state index contributed by atoms with van der Waals surface area (Å²) in [6, 6.07) is 6.54. The van der Waals surface area contributed by atoms with Crippen LogP contribution in [-0.2, 0) is 11.8 Å². The number of urea groups is 1. The zero-order valence-electron chi connectivity index (χ0n) is 19.0. The number of hydrogen-bond acceptors (Lipinski definition) is 7. The van der Waals surface area contributed by atoms with Crippen molar-refractivity contribution in [1.82, 2.24) is 34.9 Å². The van der Waals surface area contributed by atoms with Crippen molar-refractivity contribution in [1.29, 1.82) is 0 Å². The molecule has 4 aromatic rings. The van der Waals surface area contributed by atoms with Crippen LogP contribution in [0.25, 0.3) is 33.4 Å². The first-order valence-electron chi connectivity index (χ1n) is 10.8. The fraction of sp³-hybridized carbons (Fsp3) is 0.217. The lowest BCUT2D eigenvalue weighted by atomic mass is 10.0. The third-order valence-corrected chi connectivity index (χ3v) is 6.03. The Morgan fingerprint density at radius 2 is 2.00 bits per heavy atom. The van der Waals surface area contributed by atoms with Gasteiger partial charge in [-0.2, -0.15) is 5.10 Å². The quantitative estimate of drug-likeness (QED) is 0.398. The number of nitrogens with one attached hydrogen (secondary N) is 2. The summed E-state index contributed by atoms with van der Waals surface area (Å²) in [7, 11) is 3.49. The van der Waals surface area contributed by atoms with Crippen LogP contribution < -0.4 is 16.4 Å². The first-order chi connectivity index (χ1) is 16.8. The van der Waals surface area contributed by atoms with Gasteiger partial charge in [-0.3, -0.25) is 19.8 Å². The number of anilines is 2. The molecule has 3 aromatic heterocycles. The molecular weight excluding hydrogens is 470 g/mol. The largest absolute Gasteiger partial charge is 0.381 e. The van der Waals surface area contributed by atoms with E-state index >= 15 is 0 Å². The molecule has 0 aliphatic carbocycles. The van der Waals surface area contributed by atoms with E-state index in [1.807, 2.05) is 18.2 Å². The van der Waals surface area contributed by atoms with E-state index in [9.17, 15) is 9.59 Å². The predicted molar refractivity (Wildman–Crippen MR) is 133 cm³/mol. The molecule has 5 rings (SSSR count). The highest BCUT2D eigenvalue weighted by atomic mass is 35.5. The second-order valence-electron chi connectivity index (χ2n) is 8.36. The summed E-state index contributed by atoms with van der Waals surface area (Å²) in [5.41, 5.74) is 9.19. The highest BCUT2D eigenvalue weighted by Crippen LogP contribution is 2.35. The van der Waals surface area contributed by atoms with Crippen molar-refractivity contribution in [2.24, 2.45) is 7.05 Å². The number of aromatic nitrogens is 5. The van der Waals surface area contributed by atoms with Gasteiger partial charge >= 0.3 is 6.03 Å². The molecule has 1 atom stereocenters. The number of halogens is 1. The van der Waals surface area contributed by atoms with Gasteiger partial charge in [0.05, 0.1) is 28.5 Å². The van der Waals surface area contributed by atoms with Gasteiger partial charge in [0, 0.05) is 56.0 Å². The summed E-state index contributed by atoms with van der Waals surface area (Å²) < 4.78 is 1.65. The van der Waals surface area contributed by atoms with Gasteiger partial charge in [-0.05, 0) is 18.2 Å². The minimum atomic E-state index is -0.528. The van der Waals surface area contributed by atoms with E-state index in [-0.39, 0.29) is 30.0 Å². The Balaban J connectivity index is 1.55. The Morgan fingerprint density at radius 3 is 2.71 bits per heavy atom. The second kappa shape index (κ2) is 8.84. The zero-order valence-corrected chi connectivity index (χ0v) is 19.7. The normalized spacial score (nSPS) is 15.6. The predicted octanol–water partition coefficient (Wildman–Crippen LogP) is 2.68. The standard InChI is InChI=1S/C23H22ClN9O2/c1-32-11-15(8-17(32)34)28-23(35)31-22-21(25)29-20(14-9-27-33(2)10-14)19(30-22)13-6-12-4-3-5-26-18(12)16(24)7-13/h3-7,9-10,15H,8,11H2,1-2H3,(H2,25,29)(H2,28,30,31,35). The lowest BCUT2D eigenvalue weighted by Gasteiger charge is -2.16. The van der Waals surface area contributed by atoms with Crippen LogP contribution in [0, 0.1) is 0 Å². The fourth-order valence-corrected chi connectivity index (χ4v) is 4.34. The van der Waals surface area contributed by atoms with Gasteiger partial charge in [-0.15, -0.1) is 0 Å². The minimum Gasteiger partial charge on any atom is -0.381 e. The molecule has 0 saturated carbocycles. The third kappa shape index (κ3) is 4.45. The highest BCUT2D eigenvalue weighted by Gasteiger charge is 2.28. The average molecular weight is 492 g/mol. The maximum absolute atomic E-state index is 12.7. The van der Waals surface area contributed by atoms with Crippen LogP contribution in [0.15, 0.2) is 42.9 Å². The zero-order chi connectivity index (χ0) is 24.7. The molecule has 0 bridgehead atoms. The summed E-state index contributed by atoms with van der Waals surface area (Å²) in [4.78, 5) is 39.5. The third-order valence-electron chi connectivity index (χ3n) is 5.74. The number of nitrogen functional groups attached to an aromatic ring is 1. The Labute approximate surface area is 205 Å². The molecule has 0 radical (unpaired) electrons. The van der Waals surface area contributed by atoms with E-state index in [0.29, 0.717) is 39.6 Å². The van der Waals surface area contributed by atoms with Gasteiger partial charge in [-0.25, -0.2) is 14.8 Å². The number of rotatable bonds is 4. The topological polar surface area (TPSA) is 144 Å². The van der Waals surface area contributed by atoms with E-state index in [1.54, 1.807) is 48.3 Å². The molecule has 1 aromatic carbocycles. The molecule has 35 heavy (non-hydrogen) atoms. The molecule has 4 N–H and O–H groups in total. The summed E-state index contributed by atoms with van der Waals surface area (Å²) in [5, 5.41) is 11.0. The molecule has 178 valence electrons. The van der Waals surface area contributed by atoms with E-state index in [4.69, 9.17) is 17.3 Å². The molecule has 3 amide bonds. The number of aryl methyl sites for hydroxylation is 1. The summed E-state index contributed by atoms with van der Waals surface area (Å²) in [6.45, 7) is 0.433. The van der Waals surface area contributed by atoms with Crippen LogP contribution in [-0.4, -0.2) is 61.2 Å². The van der Waals surface area contributed by atoms with Crippen molar-refractivity contribution in [2.45, 2.75) is 12.5 Å². The van der Waals surface area contributed by atoms with E-state index in [1.165, 1.54) is 0 Å². The van der Waals surface area contributed by atoms with Gasteiger partial charge in [-0.1, -0.05) is 17.7 Å². The summed E-state index contributed by atoms with van der Waals surface area (Å²) in [6.07, 6.45) is 5.36.